The molecule has 0 aliphatic rings. The van der Waals surface area contributed by atoms with E-state index in [9.17, 15) is 9.59 Å². The second-order valence-electron chi connectivity index (χ2n) is 4.09. The van der Waals surface area contributed by atoms with Crippen LogP contribution in [-0.4, -0.2) is 27.3 Å². The maximum absolute atomic E-state index is 11.9. The summed E-state index contributed by atoms with van der Waals surface area (Å²) in [6.07, 6.45) is 1.25. The van der Waals surface area contributed by atoms with E-state index in [0.717, 1.165) is 0 Å². The van der Waals surface area contributed by atoms with Crippen LogP contribution >= 0.6 is 0 Å². The molecule has 1 amide bonds. The number of likely N-dealkylation sites (N-methyl/N-ethyl adjacent to an activating group) is 1. The van der Waals surface area contributed by atoms with Gasteiger partial charge in [0.15, 0.2) is 0 Å². The summed E-state index contributed by atoms with van der Waals surface area (Å²) in [6, 6.07) is 7.11. The Hall–Kier alpha value is -2.43. The largest absolute Gasteiger partial charge is 0.332 e. The van der Waals surface area contributed by atoms with Crippen LogP contribution in [0, 0.1) is 0 Å². The van der Waals surface area contributed by atoms with Gasteiger partial charge in [-0.05, 0) is 25.1 Å². The molecule has 5 nitrogen and oxygen atoms in total. The lowest BCUT2D eigenvalue weighted by atomic mass is 10.2. The third kappa shape index (κ3) is 2.70. The minimum Gasteiger partial charge on any atom is -0.332 e. The summed E-state index contributed by atoms with van der Waals surface area (Å²) in [4.78, 5) is 32.1. The van der Waals surface area contributed by atoms with Gasteiger partial charge in [-0.25, -0.2) is 4.98 Å². The molecule has 0 saturated carbocycles. The number of H-pyrrole nitrogens is 1. The lowest BCUT2D eigenvalue weighted by Gasteiger charge is -2.18. The highest BCUT2D eigenvalue weighted by atomic mass is 16.2. The molecule has 1 aromatic heterocycles. The van der Waals surface area contributed by atoms with Crippen LogP contribution in [0.2, 0.25) is 0 Å². The van der Waals surface area contributed by atoms with Gasteiger partial charge in [0.05, 0.1) is 17.4 Å². The molecule has 0 radical (unpaired) electrons. The number of para-hydroxylation sites is 1. The number of aromatic amines is 1. The molecule has 1 heterocycles. The van der Waals surface area contributed by atoms with Crippen LogP contribution in [0.1, 0.15) is 12.7 Å². The number of amides is 1. The summed E-state index contributed by atoms with van der Waals surface area (Å²) >= 11 is 0. The van der Waals surface area contributed by atoms with Crippen molar-refractivity contribution in [3.63, 3.8) is 0 Å². The molecule has 0 spiro atoms. The van der Waals surface area contributed by atoms with Crippen LogP contribution in [0.5, 0.6) is 0 Å². The van der Waals surface area contributed by atoms with Gasteiger partial charge >= 0.3 is 0 Å². The van der Waals surface area contributed by atoms with E-state index >= 15 is 0 Å². The van der Waals surface area contributed by atoms with Crippen molar-refractivity contribution in [1.29, 1.82) is 0 Å². The summed E-state index contributed by atoms with van der Waals surface area (Å²) in [6.45, 7) is 6.11. The highest BCUT2D eigenvalue weighted by Crippen LogP contribution is 2.07. The van der Waals surface area contributed by atoms with Crippen molar-refractivity contribution in [1.82, 2.24) is 14.9 Å². The molecule has 2 aromatic rings. The molecule has 1 N–H and O–H groups in total. The number of nitrogens with one attached hydrogen (secondary N) is 1. The lowest BCUT2D eigenvalue weighted by molar-refractivity contribution is -0.126. The predicted molar refractivity (Wildman–Crippen MR) is 73.7 cm³/mol. The third-order valence-electron chi connectivity index (χ3n) is 2.87. The van der Waals surface area contributed by atoms with Crippen molar-refractivity contribution < 1.29 is 4.79 Å². The van der Waals surface area contributed by atoms with E-state index in [4.69, 9.17) is 0 Å². The minimum atomic E-state index is -0.192. The average molecular weight is 257 g/mol. The number of benzene rings is 1. The smallest absolute Gasteiger partial charge is 0.258 e. The number of nitrogens with zero attached hydrogens (tertiary/aromatic N) is 2. The SMILES string of the molecule is C=CC(=O)N(CC)Cc1nc2ccccc2c(=O)[nH]1. The van der Waals surface area contributed by atoms with E-state index in [0.29, 0.717) is 23.3 Å². The van der Waals surface area contributed by atoms with Gasteiger partial charge < -0.3 is 9.88 Å². The molecule has 1 aromatic carbocycles. The van der Waals surface area contributed by atoms with Gasteiger partial charge in [-0.1, -0.05) is 18.7 Å². The number of aromatic nitrogens is 2. The van der Waals surface area contributed by atoms with Crippen molar-refractivity contribution in [3.8, 4) is 0 Å². The average Bonchev–Trinajstić information content (AvgIpc) is 2.44. The van der Waals surface area contributed by atoms with Crippen molar-refractivity contribution >= 4 is 16.8 Å². The topological polar surface area (TPSA) is 66.1 Å². The Balaban J connectivity index is 2.38. The van der Waals surface area contributed by atoms with Gasteiger partial charge in [-0.2, -0.15) is 0 Å². The van der Waals surface area contributed by atoms with E-state index in [1.165, 1.54) is 6.08 Å². The van der Waals surface area contributed by atoms with Crippen LogP contribution in [0.4, 0.5) is 0 Å². The van der Waals surface area contributed by atoms with Gasteiger partial charge in [0.1, 0.15) is 5.82 Å². The molecule has 2 rings (SSSR count). The number of fused-ring (bicyclic) bond motifs is 1. The van der Waals surface area contributed by atoms with Gasteiger partial charge in [0.25, 0.3) is 5.56 Å². The van der Waals surface area contributed by atoms with Crippen molar-refractivity contribution in [3.05, 3.63) is 53.1 Å². The molecular weight excluding hydrogens is 242 g/mol. The molecular formula is C14H15N3O2. The van der Waals surface area contributed by atoms with Crippen molar-refractivity contribution in [2.24, 2.45) is 0 Å². The Bertz CT molecular complexity index is 676. The summed E-state index contributed by atoms with van der Waals surface area (Å²) in [7, 11) is 0. The van der Waals surface area contributed by atoms with Crippen LogP contribution < -0.4 is 5.56 Å². The normalized spacial score (nSPS) is 10.4. The van der Waals surface area contributed by atoms with E-state index in [1.807, 2.05) is 13.0 Å². The number of hydrogen-bond donors (Lipinski definition) is 1. The van der Waals surface area contributed by atoms with Crippen molar-refractivity contribution in [2.45, 2.75) is 13.5 Å². The number of hydrogen-bond acceptors (Lipinski definition) is 3. The third-order valence-corrected chi connectivity index (χ3v) is 2.87. The highest BCUT2D eigenvalue weighted by molar-refractivity contribution is 5.86. The zero-order chi connectivity index (χ0) is 13.8. The van der Waals surface area contributed by atoms with Gasteiger partial charge in [0.2, 0.25) is 5.91 Å². The van der Waals surface area contributed by atoms with Gasteiger partial charge in [-0.3, -0.25) is 9.59 Å². The maximum atomic E-state index is 11.9. The summed E-state index contributed by atoms with van der Waals surface area (Å²) in [5, 5.41) is 0.546. The van der Waals surface area contributed by atoms with E-state index in [1.54, 1.807) is 23.1 Å². The number of carbonyl (C=O) groups is 1. The standard InChI is InChI=1S/C14H15N3O2/c1-3-13(18)17(4-2)9-12-15-11-8-6-5-7-10(11)14(19)16-12/h3,5-8H,1,4,9H2,2H3,(H,15,16,19). The molecule has 0 saturated heterocycles. The molecule has 0 atom stereocenters. The molecule has 5 heteroatoms. The van der Waals surface area contributed by atoms with E-state index in [2.05, 4.69) is 16.5 Å². The Morgan fingerprint density at radius 2 is 2.21 bits per heavy atom. The first-order valence-electron chi connectivity index (χ1n) is 6.05. The minimum absolute atomic E-state index is 0.182. The van der Waals surface area contributed by atoms with Crippen LogP contribution in [0.15, 0.2) is 41.7 Å². The summed E-state index contributed by atoms with van der Waals surface area (Å²) < 4.78 is 0. The Morgan fingerprint density at radius 3 is 2.89 bits per heavy atom. The van der Waals surface area contributed by atoms with E-state index < -0.39 is 0 Å². The van der Waals surface area contributed by atoms with Crippen LogP contribution in [0.25, 0.3) is 10.9 Å². The molecule has 0 bridgehead atoms. The van der Waals surface area contributed by atoms with Gasteiger partial charge in [-0.15, -0.1) is 0 Å². The Labute approximate surface area is 110 Å². The first kappa shape index (κ1) is 13.0. The second kappa shape index (κ2) is 5.48. The molecule has 19 heavy (non-hydrogen) atoms. The van der Waals surface area contributed by atoms with Crippen LogP contribution in [0.3, 0.4) is 0 Å². The van der Waals surface area contributed by atoms with Crippen molar-refractivity contribution in [2.75, 3.05) is 6.54 Å². The summed E-state index contributed by atoms with van der Waals surface area (Å²) in [5.41, 5.74) is 0.436. The quantitative estimate of drug-likeness (QED) is 0.843. The predicted octanol–water partition coefficient (Wildman–Crippen LogP) is 1.46. The monoisotopic (exact) mass is 257 g/mol. The first-order valence-corrected chi connectivity index (χ1v) is 6.05. The number of carbonyl (C=O) groups excluding carboxylic acids is 1. The highest BCUT2D eigenvalue weighted by Gasteiger charge is 2.11. The fraction of sp³-hybridized carbons (Fsp3) is 0.214. The Morgan fingerprint density at radius 1 is 1.47 bits per heavy atom. The van der Waals surface area contributed by atoms with E-state index in [-0.39, 0.29) is 18.0 Å². The fourth-order valence-electron chi connectivity index (χ4n) is 1.87. The van der Waals surface area contributed by atoms with Crippen LogP contribution in [-0.2, 0) is 11.3 Å². The zero-order valence-corrected chi connectivity index (χ0v) is 10.7. The second-order valence-corrected chi connectivity index (χ2v) is 4.09. The zero-order valence-electron chi connectivity index (χ0n) is 10.7. The fourth-order valence-corrected chi connectivity index (χ4v) is 1.87. The molecule has 98 valence electrons. The summed E-state index contributed by atoms with van der Waals surface area (Å²) in [5.74, 6) is 0.291. The molecule has 0 unspecified atom stereocenters. The van der Waals surface area contributed by atoms with Gasteiger partial charge in [0, 0.05) is 6.54 Å². The maximum Gasteiger partial charge on any atom is 0.258 e. The lowest BCUT2D eigenvalue weighted by Crippen LogP contribution is -2.30. The molecule has 0 aliphatic heterocycles. The molecule has 0 aliphatic carbocycles. The first-order chi connectivity index (χ1) is 9.15. The molecule has 0 fully saturated rings. The Kier molecular flexibility index (Phi) is 3.75. The number of rotatable bonds is 4.